The molecule has 0 aliphatic rings. The average Bonchev–Trinajstić information content (AvgIpc) is 2.75. The lowest BCUT2D eigenvalue weighted by Crippen LogP contribution is -2.54. The molecular formula is C22H23ClN2O6. The third-order valence-corrected chi connectivity index (χ3v) is 4.75. The molecule has 164 valence electrons. The monoisotopic (exact) mass is 446 g/mol. The molecule has 0 fully saturated rings. The van der Waals surface area contributed by atoms with E-state index < -0.39 is 34.9 Å². The van der Waals surface area contributed by atoms with Crippen molar-refractivity contribution in [2.75, 3.05) is 19.8 Å². The first-order valence-electron chi connectivity index (χ1n) is 9.67. The van der Waals surface area contributed by atoms with Gasteiger partial charge in [-0.05, 0) is 37.1 Å². The number of esters is 2. The van der Waals surface area contributed by atoms with Gasteiger partial charge in [-0.1, -0.05) is 54.1 Å². The fourth-order valence-corrected chi connectivity index (χ4v) is 3.21. The zero-order valence-corrected chi connectivity index (χ0v) is 17.9. The Bertz CT molecular complexity index is 913. The first-order valence-corrected chi connectivity index (χ1v) is 10.0. The van der Waals surface area contributed by atoms with Crippen molar-refractivity contribution in [3.8, 4) is 0 Å². The SMILES string of the molecule is CCOC(=O)C(N=Cc1ccc(Cl)cc1)(C(=O)OCC)[C@@H](C[N+](=O)[O-])c1ccccc1. The number of benzene rings is 2. The van der Waals surface area contributed by atoms with E-state index >= 15 is 0 Å². The summed E-state index contributed by atoms with van der Waals surface area (Å²) in [5.74, 6) is -3.30. The number of hydrogen-bond donors (Lipinski definition) is 0. The van der Waals surface area contributed by atoms with Gasteiger partial charge in [0, 0.05) is 16.2 Å². The fourth-order valence-electron chi connectivity index (χ4n) is 3.08. The van der Waals surface area contributed by atoms with E-state index in [1.54, 1.807) is 68.4 Å². The summed E-state index contributed by atoms with van der Waals surface area (Å²) >= 11 is 5.91. The van der Waals surface area contributed by atoms with Gasteiger partial charge in [-0.25, -0.2) is 9.59 Å². The molecule has 2 aromatic rings. The molecular weight excluding hydrogens is 424 g/mol. The molecule has 1 atom stereocenters. The van der Waals surface area contributed by atoms with E-state index in [1.807, 2.05) is 0 Å². The van der Waals surface area contributed by atoms with Crippen LogP contribution in [0, 0.1) is 10.1 Å². The number of aliphatic imine (C=N–C) groups is 1. The largest absolute Gasteiger partial charge is 0.464 e. The second-order valence-corrected chi connectivity index (χ2v) is 6.93. The van der Waals surface area contributed by atoms with E-state index in [2.05, 4.69) is 4.99 Å². The standard InChI is InChI=1S/C22H23ClN2O6/c1-3-30-20(26)22(21(27)31-4-2,24-14-16-10-12-18(23)13-11-16)19(15-25(28)29)17-8-6-5-7-9-17/h5-14,19H,3-4,15H2,1-2H3/t19-/m0/s1. The number of hydrogen-bond acceptors (Lipinski definition) is 7. The van der Waals surface area contributed by atoms with Crippen molar-refractivity contribution in [2.45, 2.75) is 25.3 Å². The van der Waals surface area contributed by atoms with Gasteiger partial charge in [0.15, 0.2) is 0 Å². The van der Waals surface area contributed by atoms with Crippen molar-refractivity contribution in [2.24, 2.45) is 4.99 Å². The Morgan fingerprint density at radius 3 is 2.10 bits per heavy atom. The first-order chi connectivity index (χ1) is 14.8. The van der Waals surface area contributed by atoms with Gasteiger partial charge in [-0.2, -0.15) is 0 Å². The van der Waals surface area contributed by atoms with E-state index in [9.17, 15) is 19.7 Å². The maximum absolute atomic E-state index is 13.2. The van der Waals surface area contributed by atoms with Crippen LogP contribution in [0.3, 0.4) is 0 Å². The lowest BCUT2D eigenvalue weighted by atomic mass is 9.79. The highest BCUT2D eigenvalue weighted by Gasteiger charge is 2.57. The highest BCUT2D eigenvalue weighted by atomic mass is 35.5. The van der Waals surface area contributed by atoms with Crippen molar-refractivity contribution in [1.29, 1.82) is 0 Å². The van der Waals surface area contributed by atoms with Crippen LogP contribution < -0.4 is 0 Å². The maximum atomic E-state index is 13.2. The molecule has 0 saturated carbocycles. The first kappa shape index (κ1) is 24.0. The van der Waals surface area contributed by atoms with Crippen molar-refractivity contribution >= 4 is 29.8 Å². The lowest BCUT2D eigenvalue weighted by molar-refractivity contribution is -0.484. The maximum Gasteiger partial charge on any atom is 0.346 e. The summed E-state index contributed by atoms with van der Waals surface area (Å²) in [5, 5.41) is 12.0. The molecule has 2 rings (SSSR count). The Balaban J connectivity index is 2.74. The summed E-state index contributed by atoms with van der Waals surface area (Å²) in [5.41, 5.74) is -1.39. The second kappa shape index (κ2) is 11.2. The third-order valence-electron chi connectivity index (χ3n) is 4.50. The molecule has 8 nitrogen and oxygen atoms in total. The van der Waals surface area contributed by atoms with Gasteiger partial charge >= 0.3 is 11.9 Å². The van der Waals surface area contributed by atoms with Crippen LogP contribution in [0.2, 0.25) is 5.02 Å². The van der Waals surface area contributed by atoms with Crippen LogP contribution in [0.25, 0.3) is 0 Å². The minimum absolute atomic E-state index is 0.0452. The van der Waals surface area contributed by atoms with Crippen LogP contribution in [0.5, 0.6) is 0 Å². The second-order valence-electron chi connectivity index (χ2n) is 6.50. The van der Waals surface area contributed by atoms with Gasteiger partial charge in [0.1, 0.15) is 0 Å². The Hall–Kier alpha value is -3.26. The van der Waals surface area contributed by atoms with E-state index in [-0.39, 0.29) is 13.2 Å². The average molecular weight is 447 g/mol. The highest BCUT2D eigenvalue weighted by molar-refractivity contribution is 6.30. The molecule has 0 saturated heterocycles. The third kappa shape index (κ3) is 5.88. The number of carbonyl (C=O) groups excluding carboxylic acids is 2. The Kier molecular flexibility index (Phi) is 8.69. The predicted octanol–water partition coefficient (Wildman–Crippen LogP) is 3.68. The zero-order valence-electron chi connectivity index (χ0n) is 17.2. The van der Waals surface area contributed by atoms with E-state index in [1.165, 1.54) is 6.21 Å². The van der Waals surface area contributed by atoms with Crippen LogP contribution in [0.4, 0.5) is 0 Å². The summed E-state index contributed by atoms with van der Waals surface area (Å²) in [6.07, 6.45) is 1.29. The Morgan fingerprint density at radius 1 is 1.06 bits per heavy atom. The van der Waals surface area contributed by atoms with Crippen LogP contribution in [0.15, 0.2) is 59.6 Å². The van der Waals surface area contributed by atoms with Gasteiger partial charge in [0.05, 0.1) is 19.1 Å². The number of halogens is 1. The molecule has 2 aromatic carbocycles. The van der Waals surface area contributed by atoms with E-state index in [0.29, 0.717) is 16.1 Å². The Morgan fingerprint density at radius 2 is 1.61 bits per heavy atom. The fraction of sp³-hybridized carbons (Fsp3) is 0.318. The molecule has 0 radical (unpaired) electrons. The summed E-state index contributed by atoms with van der Waals surface area (Å²) < 4.78 is 10.3. The van der Waals surface area contributed by atoms with Crippen molar-refractivity contribution < 1.29 is 24.0 Å². The summed E-state index contributed by atoms with van der Waals surface area (Å²) in [7, 11) is 0. The van der Waals surface area contributed by atoms with Crippen LogP contribution >= 0.6 is 11.6 Å². The molecule has 0 unspecified atom stereocenters. The number of rotatable bonds is 10. The summed E-state index contributed by atoms with van der Waals surface area (Å²) in [4.78, 5) is 41.6. The van der Waals surface area contributed by atoms with Gasteiger partial charge in [0.25, 0.3) is 5.54 Å². The van der Waals surface area contributed by atoms with Crippen LogP contribution in [0.1, 0.15) is 30.9 Å². The molecule has 0 amide bonds. The quantitative estimate of drug-likeness (QED) is 0.181. The van der Waals surface area contributed by atoms with Gasteiger partial charge in [-0.15, -0.1) is 0 Å². The molecule has 0 N–H and O–H groups in total. The summed E-state index contributed by atoms with van der Waals surface area (Å²) in [6, 6.07) is 14.7. The number of ether oxygens (including phenoxy) is 2. The van der Waals surface area contributed by atoms with Crippen molar-refractivity contribution in [3.05, 3.63) is 80.9 Å². The molecule has 0 aromatic heterocycles. The normalized spacial score (nSPS) is 12.4. The molecule has 31 heavy (non-hydrogen) atoms. The molecule has 0 bridgehead atoms. The smallest absolute Gasteiger partial charge is 0.346 e. The summed E-state index contributed by atoms with van der Waals surface area (Å²) in [6.45, 7) is 2.32. The number of nitro groups is 1. The number of carbonyl (C=O) groups is 2. The molecule has 0 spiro atoms. The van der Waals surface area contributed by atoms with Crippen molar-refractivity contribution in [1.82, 2.24) is 0 Å². The topological polar surface area (TPSA) is 108 Å². The minimum atomic E-state index is -2.31. The van der Waals surface area contributed by atoms with E-state index in [4.69, 9.17) is 21.1 Å². The van der Waals surface area contributed by atoms with Crippen molar-refractivity contribution in [3.63, 3.8) is 0 Å². The van der Waals surface area contributed by atoms with Gasteiger partial charge in [-0.3, -0.25) is 15.1 Å². The zero-order chi connectivity index (χ0) is 22.9. The Labute approximate surface area is 185 Å². The molecule has 0 aliphatic heterocycles. The predicted molar refractivity (Wildman–Crippen MR) is 116 cm³/mol. The lowest BCUT2D eigenvalue weighted by Gasteiger charge is -2.31. The minimum Gasteiger partial charge on any atom is -0.464 e. The van der Waals surface area contributed by atoms with Gasteiger partial charge < -0.3 is 9.47 Å². The van der Waals surface area contributed by atoms with Crippen LogP contribution in [-0.4, -0.2) is 48.4 Å². The molecule has 0 heterocycles. The molecule has 0 aliphatic carbocycles. The number of nitrogens with zero attached hydrogens (tertiary/aromatic N) is 2. The van der Waals surface area contributed by atoms with E-state index in [0.717, 1.165) is 0 Å². The van der Waals surface area contributed by atoms with Crippen LogP contribution in [-0.2, 0) is 19.1 Å². The molecule has 9 heteroatoms. The van der Waals surface area contributed by atoms with Gasteiger partial charge in [0.2, 0.25) is 6.54 Å². The highest BCUT2D eigenvalue weighted by Crippen LogP contribution is 2.35.